The first kappa shape index (κ1) is 16.9. The van der Waals surface area contributed by atoms with Crippen LogP contribution in [0.15, 0.2) is 43.1 Å². The summed E-state index contributed by atoms with van der Waals surface area (Å²) < 4.78 is 7.64. The van der Waals surface area contributed by atoms with Gasteiger partial charge in [0, 0.05) is 36.9 Å². The summed E-state index contributed by atoms with van der Waals surface area (Å²) in [4.78, 5) is 16.2. The zero-order valence-electron chi connectivity index (χ0n) is 15.8. The lowest BCUT2D eigenvalue weighted by atomic mass is 10.0. The molecule has 1 N–H and O–H groups in total. The highest BCUT2D eigenvalue weighted by Crippen LogP contribution is 2.35. The molecule has 4 aromatic heterocycles. The van der Waals surface area contributed by atoms with Gasteiger partial charge in [-0.1, -0.05) is 0 Å². The Morgan fingerprint density at radius 1 is 1.25 bits per heavy atom. The first-order valence-electron chi connectivity index (χ1n) is 9.33. The van der Waals surface area contributed by atoms with Gasteiger partial charge in [-0.25, -0.2) is 9.97 Å². The molecular formula is C20H21N7O. The first-order valence-corrected chi connectivity index (χ1v) is 9.33. The lowest BCUT2D eigenvalue weighted by molar-refractivity contribution is 0.0986. The highest BCUT2D eigenvalue weighted by molar-refractivity contribution is 6.01. The standard InChI is InChI=1S/C20H21N7O/c1-13-11-28-8-7-27(13)18-9-15(17-10-21-12-26(17)2)14-3-5-22-20(19(14)24-18)16-4-6-23-25-16/h3-6,9-10,12-13H,7-8,11H2,1-2H3,(H,23,25). The number of rotatable bonds is 3. The number of aromatic amines is 1. The van der Waals surface area contributed by atoms with Crippen molar-refractivity contribution in [2.75, 3.05) is 24.7 Å². The van der Waals surface area contributed by atoms with E-state index >= 15 is 0 Å². The van der Waals surface area contributed by atoms with Crippen LogP contribution in [0.2, 0.25) is 0 Å². The van der Waals surface area contributed by atoms with Crippen LogP contribution in [0.4, 0.5) is 5.82 Å². The second-order valence-electron chi connectivity index (χ2n) is 7.06. The maximum absolute atomic E-state index is 5.62. The molecule has 1 atom stereocenters. The molecule has 1 aliphatic rings. The molecule has 0 spiro atoms. The normalized spacial score (nSPS) is 17.4. The largest absolute Gasteiger partial charge is 0.377 e. The monoisotopic (exact) mass is 375 g/mol. The molecular weight excluding hydrogens is 354 g/mol. The molecule has 0 bridgehead atoms. The highest BCUT2D eigenvalue weighted by Gasteiger charge is 2.23. The van der Waals surface area contributed by atoms with Gasteiger partial charge in [-0.2, -0.15) is 5.10 Å². The fourth-order valence-electron chi connectivity index (χ4n) is 3.77. The Kier molecular flexibility index (Phi) is 4.05. The summed E-state index contributed by atoms with van der Waals surface area (Å²) in [6, 6.07) is 6.33. The van der Waals surface area contributed by atoms with Crippen LogP contribution in [0, 0.1) is 0 Å². The number of anilines is 1. The Labute approximate surface area is 162 Å². The van der Waals surface area contributed by atoms with Crippen molar-refractivity contribution >= 4 is 16.7 Å². The number of hydrogen-bond donors (Lipinski definition) is 1. The molecule has 0 amide bonds. The van der Waals surface area contributed by atoms with Gasteiger partial charge < -0.3 is 14.2 Å². The number of fused-ring (bicyclic) bond motifs is 1. The quantitative estimate of drug-likeness (QED) is 0.593. The van der Waals surface area contributed by atoms with E-state index in [9.17, 15) is 0 Å². The summed E-state index contributed by atoms with van der Waals surface area (Å²) >= 11 is 0. The van der Waals surface area contributed by atoms with Gasteiger partial charge in [0.15, 0.2) is 0 Å². The van der Waals surface area contributed by atoms with Crippen LogP contribution < -0.4 is 4.90 Å². The number of nitrogens with zero attached hydrogens (tertiary/aromatic N) is 6. The van der Waals surface area contributed by atoms with Crippen LogP contribution in [0.1, 0.15) is 6.92 Å². The van der Waals surface area contributed by atoms with E-state index in [0.717, 1.165) is 45.9 Å². The molecule has 0 aliphatic carbocycles. The van der Waals surface area contributed by atoms with E-state index < -0.39 is 0 Å². The summed E-state index contributed by atoms with van der Waals surface area (Å²) in [5, 5.41) is 8.13. The number of nitrogens with one attached hydrogen (secondary N) is 1. The van der Waals surface area contributed by atoms with Crippen LogP contribution in [0.5, 0.6) is 0 Å². The van der Waals surface area contributed by atoms with E-state index in [4.69, 9.17) is 9.72 Å². The van der Waals surface area contributed by atoms with Gasteiger partial charge in [0.2, 0.25) is 0 Å². The summed E-state index contributed by atoms with van der Waals surface area (Å²) in [5.74, 6) is 0.924. The van der Waals surface area contributed by atoms with E-state index in [0.29, 0.717) is 13.2 Å². The molecule has 28 heavy (non-hydrogen) atoms. The molecule has 8 nitrogen and oxygen atoms in total. The Morgan fingerprint density at radius 3 is 2.93 bits per heavy atom. The van der Waals surface area contributed by atoms with Crippen molar-refractivity contribution in [3.05, 3.63) is 43.1 Å². The number of morpholine rings is 1. The topological polar surface area (TPSA) is 84.8 Å². The number of H-pyrrole nitrogens is 1. The van der Waals surface area contributed by atoms with E-state index in [1.807, 2.05) is 42.5 Å². The fraction of sp³-hybridized carbons (Fsp3) is 0.300. The average Bonchev–Trinajstić information content (AvgIpc) is 3.39. The Hall–Kier alpha value is -3.26. The second kappa shape index (κ2) is 6.72. The van der Waals surface area contributed by atoms with E-state index in [1.165, 1.54) is 0 Å². The second-order valence-corrected chi connectivity index (χ2v) is 7.06. The minimum absolute atomic E-state index is 0.255. The van der Waals surface area contributed by atoms with Crippen molar-refractivity contribution in [3.63, 3.8) is 0 Å². The van der Waals surface area contributed by atoms with Gasteiger partial charge >= 0.3 is 0 Å². The van der Waals surface area contributed by atoms with Crippen molar-refractivity contribution in [2.24, 2.45) is 7.05 Å². The lowest BCUT2D eigenvalue weighted by Gasteiger charge is -2.34. The zero-order chi connectivity index (χ0) is 19.1. The Balaban J connectivity index is 1.79. The SMILES string of the molecule is CC1COCCN1c1cc(-c2cncn2C)c2ccnc(-c3ccn[nH]3)c2n1. The number of aryl methyl sites for hydroxylation is 1. The minimum atomic E-state index is 0.255. The lowest BCUT2D eigenvalue weighted by Crippen LogP contribution is -2.44. The number of hydrogen-bond acceptors (Lipinski definition) is 6. The predicted molar refractivity (Wildman–Crippen MR) is 107 cm³/mol. The third-order valence-corrected chi connectivity index (χ3v) is 5.22. The molecule has 0 radical (unpaired) electrons. The summed E-state index contributed by atoms with van der Waals surface area (Å²) in [7, 11) is 2.00. The maximum Gasteiger partial charge on any atom is 0.130 e. The van der Waals surface area contributed by atoms with Crippen molar-refractivity contribution in [3.8, 4) is 22.6 Å². The molecule has 1 saturated heterocycles. The van der Waals surface area contributed by atoms with Crippen LogP contribution in [0.3, 0.4) is 0 Å². The van der Waals surface area contributed by atoms with Crippen molar-refractivity contribution < 1.29 is 4.74 Å². The van der Waals surface area contributed by atoms with Crippen LogP contribution in [0.25, 0.3) is 33.5 Å². The van der Waals surface area contributed by atoms with Crippen LogP contribution >= 0.6 is 0 Å². The molecule has 0 aromatic carbocycles. The Morgan fingerprint density at radius 2 is 2.18 bits per heavy atom. The fourth-order valence-corrected chi connectivity index (χ4v) is 3.77. The molecule has 8 heteroatoms. The minimum Gasteiger partial charge on any atom is -0.377 e. The molecule has 1 unspecified atom stereocenters. The van der Waals surface area contributed by atoms with Crippen molar-refractivity contribution in [1.82, 2.24) is 29.7 Å². The van der Waals surface area contributed by atoms with Crippen molar-refractivity contribution in [2.45, 2.75) is 13.0 Å². The highest BCUT2D eigenvalue weighted by atomic mass is 16.5. The smallest absolute Gasteiger partial charge is 0.130 e. The number of aromatic nitrogens is 6. The van der Waals surface area contributed by atoms with Gasteiger partial charge in [0.05, 0.1) is 43.2 Å². The van der Waals surface area contributed by atoms with Crippen molar-refractivity contribution in [1.29, 1.82) is 0 Å². The third kappa shape index (κ3) is 2.73. The van der Waals surface area contributed by atoms with Gasteiger partial charge in [-0.05, 0) is 25.1 Å². The summed E-state index contributed by atoms with van der Waals surface area (Å²) in [5.41, 5.74) is 4.61. The maximum atomic E-state index is 5.62. The molecule has 1 fully saturated rings. The van der Waals surface area contributed by atoms with Gasteiger partial charge in [-0.15, -0.1) is 0 Å². The van der Waals surface area contributed by atoms with Gasteiger partial charge in [-0.3, -0.25) is 10.1 Å². The molecule has 142 valence electrons. The van der Waals surface area contributed by atoms with Gasteiger partial charge in [0.1, 0.15) is 17.0 Å². The summed E-state index contributed by atoms with van der Waals surface area (Å²) in [6.45, 7) is 4.37. The van der Waals surface area contributed by atoms with E-state index in [-0.39, 0.29) is 6.04 Å². The molecule has 4 aromatic rings. The molecule has 5 rings (SSSR count). The third-order valence-electron chi connectivity index (χ3n) is 5.22. The number of ether oxygens (including phenoxy) is 1. The van der Waals surface area contributed by atoms with E-state index in [1.54, 1.807) is 6.20 Å². The van der Waals surface area contributed by atoms with E-state index in [2.05, 4.69) is 38.1 Å². The average molecular weight is 375 g/mol. The number of imidazole rings is 1. The Bertz CT molecular complexity index is 1120. The molecule has 5 heterocycles. The molecule has 0 saturated carbocycles. The predicted octanol–water partition coefficient (Wildman–Crippen LogP) is 2.65. The molecule has 1 aliphatic heterocycles. The summed E-state index contributed by atoms with van der Waals surface area (Å²) in [6.07, 6.45) is 7.25. The number of pyridine rings is 2. The zero-order valence-corrected chi connectivity index (χ0v) is 15.8. The first-order chi connectivity index (χ1) is 13.7. The van der Waals surface area contributed by atoms with Crippen LogP contribution in [-0.2, 0) is 11.8 Å². The van der Waals surface area contributed by atoms with Crippen LogP contribution in [-0.4, -0.2) is 55.5 Å². The van der Waals surface area contributed by atoms with Gasteiger partial charge in [0.25, 0.3) is 0 Å².